The molecule has 0 aromatic heterocycles. The van der Waals surface area contributed by atoms with Crippen LogP contribution in [0.1, 0.15) is 53.4 Å². The Balaban J connectivity index is -0.000000233. The minimum Gasteiger partial charge on any atom is -1.00 e. The van der Waals surface area contributed by atoms with Crippen LogP contribution in [0.25, 0.3) is 0 Å². The molecule has 0 aromatic carbocycles. The van der Waals surface area contributed by atoms with Crippen LogP contribution >= 0.6 is 0 Å². The van der Waals surface area contributed by atoms with Crippen molar-refractivity contribution in [3.8, 4) is 0 Å². The van der Waals surface area contributed by atoms with E-state index in [1.54, 1.807) is 0 Å². The van der Waals surface area contributed by atoms with Gasteiger partial charge in [0.15, 0.2) is 0 Å². The SMILES string of the molecule is CCC1[C-]=CC(C)C1.CCC1[C-]=CC(C)C1.[Cl-].[Cl-].[Zr+4]. The van der Waals surface area contributed by atoms with Gasteiger partial charge in [0, 0.05) is 0 Å². The second kappa shape index (κ2) is 13.9. The minimum absolute atomic E-state index is 0. The second-order valence-corrected chi connectivity index (χ2v) is 5.30. The molecule has 0 radical (unpaired) electrons. The van der Waals surface area contributed by atoms with E-state index in [9.17, 15) is 0 Å². The first kappa shape index (κ1) is 24.9. The molecular weight excluding hydrogens is 354 g/mol. The summed E-state index contributed by atoms with van der Waals surface area (Å²) in [4.78, 5) is 0. The van der Waals surface area contributed by atoms with Crippen LogP contribution in [-0.2, 0) is 26.2 Å². The quantitative estimate of drug-likeness (QED) is 0.530. The summed E-state index contributed by atoms with van der Waals surface area (Å²) in [5.41, 5.74) is 0. The van der Waals surface area contributed by atoms with Gasteiger partial charge >= 0.3 is 26.2 Å². The van der Waals surface area contributed by atoms with Gasteiger partial charge in [0.1, 0.15) is 0 Å². The Morgan fingerprint density at radius 3 is 1.26 bits per heavy atom. The average Bonchev–Trinajstić information content (AvgIpc) is 2.88. The number of allylic oxidation sites excluding steroid dienone is 4. The molecule has 0 fully saturated rings. The molecule has 4 unspecified atom stereocenters. The molecule has 0 amide bonds. The van der Waals surface area contributed by atoms with Gasteiger partial charge < -0.3 is 37.0 Å². The largest absolute Gasteiger partial charge is 4.00 e. The smallest absolute Gasteiger partial charge is 1.00 e. The summed E-state index contributed by atoms with van der Waals surface area (Å²) in [5, 5.41) is 0. The van der Waals surface area contributed by atoms with Crippen molar-refractivity contribution < 1.29 is 51.0 Å². The molecule has 0 aliphatic heterocycles. The maximum absolute atomic E-state index is 3.33. The third-order valence-corrected chi connectivity index (χ3v) is 3.53. The molecule has 0 N–H and O–H groups in total. The molecule has 4 atom stereocenters. The first-order valence-electron chi connectivity index (χ1n) is 6.84. The average molecular weight is 381 g/mol. The Hall–Kier alpha value is 0.943. The van der Waals surface area contributed by atoms with E-state index in [0.29, 0.717) is 0 Å². The van der Waals surface area contributed by atoms with Gasteiger partial charge in [-0.25, -0.2) is 0 Å². The van der Waals surface area contributed by atoms with E-state index in [1.807, 2.05) is 0 Å². The van der Waals surface area contributed by atoms with Gasteiger partial charge in [-0.05, 0) is 0 Å². The Morgan fingerprint density at radius 2 is 1.16 bits per heavy atom. The van der Waals surface area contributed by atoms with E-state index >= 15 is 0 Å². The number of hydrogen-bond acceptors (Lipinski definition) is 0. The fourth-order valence-corrected chi connectivity index (χ4v) is 2.34. The van der Waals surface area contributed by atoms with E-state index in [1.165, 1.54) is 25.7 Å². The minimum atomic E-state index is 0. The molecule has 0 bridgehead atoms. The van der Waals surface area contributed by atoms with Gasteiger partial charge in [0.25, 0.3) is 0 Å². The normalized spacial score (nSPS) is 30.5. The predicted molar refractivity (Wildman–Crippen MR) is 70.8 cm³/mol. The summed E-state index contributed by atoms with van der Waals surface area (Å²) in [6.45, 7) is 8.96. The van der Waals surface area contributed by atoms with Crippen LogP contribution in [-0.4, -0.2) is 0 Å². The van der Waals surface area contributed by atoms with E-state index in [0.717, 1.165) is 23.7 Å². The molecule has 2 rings (SSSR count). The van der Waals surface area contributed by atoms with Crippen molar-refractivity contribution in [1.82, 2.24) is 0 Å². The van der Waals surface area contributed by atoms with Crippen LogP contribution in [0.5, 0.6) is 0 Å². The van der Waals surface area contributed by atoms with Gasteiger partial charge in [-0.2, -0.15) is 11.8 Å². The maximum Gasteiger partial charge on any atom is 4.00 e. The van der Waals surface area contributed by atoms with Crippen LogP contribution in [0.2, 0.25) is 0 Å². The summed E-state index contributed by atoms with van der Waals surface area (Å²) in [7, 11) is 0. The molecule has 3 heteroatoms. The standard InChI is InChI=1S/2C8H13.2ClH.Zr/c2*1-3-8-5-4-7(2)6-8;;;/h2*4,7-8H,3,6H2,1-2H3;2*1H;/q2*-1;;;+4/p-2. The fourth-order valence-electron chi connectivity index (χ4n) is 2.34. The van der Waals surface area contributed by atoms with E-state index in [4.69, 9.17) is 0 Å². The molecule has 0 spiro atoms. The van der Waals surface area contributed by atoms with Crippen LogP contribution in [0.15, 0.2) is 12.2 Å². The summed E-state index contributed by atoms with van der Waals surface area (Å²) in [5.74, 6) is 3.12. The topological polar surface area (TPSA) is 0 Å². The van der Waals surface area contributed by atoms with Crippen LogP contribution < -0.4 is 24.8 Å². The third-order valence-electron chi connectivity index (χ3n) is 3.53. The van der Waals surface area contributed by atoms with Crippen LogP contribution in [0.4, 0.5) is 0 Å². The zero-order valence-electron chi connectivity index (χ0n) is 12.5. The van der Waals surface area contributed by atoms with Gasteiger partial charge in [-0.3, -0.25) is 12.2 Å². The molecule has 0 saturated carbocycles. The summed E-state index contributed by atoms with van der Waals surface area (Å²) in [6, 6.07) is 0. The molecule has 0 aromatic rings. The Bertz CT molecular complexity index is 225. The fraction of sp³-hybridized carbons (Fsp3) is 0.750. The summed E-state index contributed by atoms with van der Waals surface area (Å²) < 4.78 is 0. The molecule has 19 heavy (non-hydrogen) atoms. The van der Waals surface area contributed by atoms with Crippen molar-refractivity contribution in [2.75, 3.05) is 0 Å². The Labute approximate surface area is 151 Å². The van der Waals surface area contributed by atoms with Gasteiger partial charge in [0.2, 0.25) is 0 Å². The molecule has 108 valence electrons. The van der Waals surface area contributed by atoms with Crippen molar-refractivity contribution in [2.24, 2.45) is 23.7 Å². The van der Waals surface area contributed by atoms with Crippen LogP contribution in [0, 0.1) is 35.8 Å². The molecule has 2 aliphatic carbocycles. The van der Waals surface area contributed by atoms with Crippen molar-refractivity contribution in [3.63, 3.8) is 0 Å². The number of hydrogen-bond donors (Lipinski definition) is 0. The summed E-state index contributed by atoms with van der Waals surface area (Å²) in [6.07, 6.45) is 16.3. The molecule has 0 saturated heterocycles. The number of rotatable bonds is 2. The van der Waals surface area contributed by atoms with Gasteiger partial charge in [-0.15, -0.1) is 0 Å². The zero-order chi connectivity index (χ0) is 12.0. The monoisotopic (exact) mass is 378 g/mol. The van der Waals surface area contributed by atoms with Crippen molar-refractivity contribution >= 4 is 0 Å². The van der Waals surface area contributed by atoms with E-state index < -0.39 is 0 Å². The van der Waals surface area contributed by atoms with Gasteiger partial charge in [-0.1, -0.05) is 65.2 Å². The maximum atomic E-state index is 3.33. The first-order valence-corrected chi connectivity index (χ1v) is 6.84. The Morgan fingerprint density at radius 1 is 0.842 bits per heavy atom. The zero-order valence-corrected chi connectivity index (χ0v) is 16.5. The van der Waals surface area contributed by atoms with Gasteiger partial charge in [0.05, 0.1) is 0 Å². The summed E-state index contributed by atoms with van der Waals surface area (Å²) >= 11 is 0. The molecule has 0 heterocycles. The van der Waals surface area contributed by atoms with Crippen molar-refractivity contribution in [3.05, 3.63) is 24.3 Å². The molecular formula is C16H26Cl2Zr. The number of halogens is 2. The van der Waals surface area contributed by atoms with Crippen LogP contribution in [0.3, 0.4) is 0 Å². The van der Waals surface area contributed by atoms with E-state index in [2.05, 4.69) is 52.0 Å². The first-order chi connectivity index (χ1) is 7.65. The van der Waals surface area contributed by atoms with Crippen molar-refractivity contribution in [2.45, 2.75) is 53.4 Å². The predicted octanol–water partition coefficient (Wildman–Crippen LogP) is -1.17. The molecule has 2 aliphatic rings. The Kier molecular flexibility index (Phi) is 18.2. The molecule has 0 nitrogen and oxygen atoms in total. The van der Waals surface area contributed by atoms with Crippen molar-refractivity contribution in [1.29, 1.82) is 0 Å². The third kappa shape index (κ3) is 10.3. The second-order valence-electron chi connectivity index (χ2n) is 5.30. The van der Waals surface area contributed by atoms with E-state index in [-0.39, 0.29) is 51.0 Å².